The number of aryl methyl sites for hydroxylation is 1. The van der Waals surface area contributed by atoms with Crippen molar-refractivity contribution in [2.24, 2.45) is 0 Å². The molecule has 0 aromatic heterocycles. The van der Waals surface area contributed by atoms with Gasteiger partial charge in [0.1, 0.15) is 0 Å². The number of piperidine rings is 1. The molecule has 0 radical (unpaired) electrons. The highest BCUT2D eigenvalue weighted by Gasteiger charge is 2.33. The number of hydrogen-bond acceptors (Lipinski definition) is 1. The van der Waals surface area contributed by atoms with E-state index in [-0.39, 0.29) is 10.7 Å². The number of amides is 1. The number of carbonyl (C=O) groups is 1. The van der Waals surface area contributed by atoms with E-state index in [1.54, 1.807) is 6.92 Å². The maximum Gasteiger partial charge on any atom is 0.416 e. The molecule has 0 spiro atoms. The molecule has 0 aliphatic carbocycles. The maximum atomic E-state index is 12.7. The highest BCUT2D eigenvalue weighted by Crippen LogP contribution is 2.34. The topological polar surface area (TPSA) is 20.3 Å². The van der Waals surface area contributed by atoms with Crippen LogP contribution in [-0.4, -0.2) is 17.3 Å². The molecule has 0 bridgehead atoms. The molecule has 0 saturated carbocycles. The highest BCUT2D eigenvalue weighted by atomic mass is 79.9. The molecule has 1 amide bonds. The van der Waals surface area contributed by atoms with Crippen LogP contribution in [0.4, 0.5) is 18.9 Å². The number of halogens is 4. The average Bonchev–Trinajstić information content (AvgIpc) is 2.32. The molecule has 19 heavy (non-hydrogen) atoms. The third kappa shape index (κ3) is 2.94. The Balaban J connectivity index is 2.41. The van der Waals surface area contributed by atoms with E-state index in [0.29, 0.717) is 24.2 Å². The predicted octanol–water partition coefficient (Wildman–Crippen LogP) is 3.90. The third-order valence-corrected chi connectivity index (χ3v) is 4.05. The number of anilines is 1. The number of hydrogen-bond donors (Lipinski definition) is 0. The SMILES string of the molecule is Cc1ccc(C(F)(F)F)cc1N1CCCC(Br)C1=O. The lowest BCUT2D eigenvalue weighted by Gasteiger charge is -2.31. The van der Waals surface area contributed by atoms with E-state index in [2.05, 4.69) is 15.9 Å². The van der Waals surface area contributed by atoms with Crippen LogP contribution in [-0.2, 0) is 11.0 Å². The van der Waals surface area contributed by atoms with Gasteiger partial charge in [-0.1, -0.05) is 22.0 Å². The van der Waals surface area contributed by atoms with Crippen molar-refractivity contribution in [2.45, 2.75) is 30.8 Å². The molecule has 2 rings (SSSR count). The lowest BCUT2D eigenvalue weighted by molar-refractivity contribution is -0.137. The summed E-state index contributed by atoms with van der Waals surface area (Å²) in [5, 5.41) is 0. The number of benzene rings is 1. The standard InChI is InChI=1S/C13H13BrF3NO/c1-8-4-5-9(13(15,16)17)7-11(8)18-6-2-3-10(14)12(18)19/h4-5,7,10H,2-3,6H2,1H3. The van der Waals surface area contributed by atoms with Crippen molar-refractivity contribution in [3.8, 4) is 0 Å². The monoisotopic (exact) mass is 335 g/mol. The van der Waals surface area contributed by atoms with Crippen LogP contribution in [0.3, 0.4) is 0 Å². The van der Waals surface area contributed by atoms with E-state index in [0.717, 1.165) is 18.6 Å². The summed E-state index contributed by atoms with van der Waals surface area (Å²) in [6.45, 7) is 2.17. The van der Waals surface area contributed by atoms with Gasteiger partial charge in [-0.3, -0.25) is 4.79 Å². The molecule has 1 aliphatic heterocycles. The molecule has 104 valence electrons. The van der Waals surface area contributed by atoms with Crippen molar-refractivity contribution in [1.29, 1.82) is 0 Å². The van der Waals surface area contributed by atoms with Gasteiger partial charge in [-0.25, -0.2) is 0 Å². The Morgan fingerprint density at radius 1 is 1.37 bits per heavy atom. The molecule has 1 fully saturated rings. The van der Waals surface area contributed by atoms with Gasteiger partial charge in [0, 0.05) is 12.2 Å². The van der Waals surface area contributed by atoms with E-state index >= 15 is 0 Å². The van der Waals surface area contributed by atoms with Crippen LogP contribution in [0.2, 0.25) is 0 Å². The molecule has 1 atom stereocenters. The Bertz CT molecular complexity index is 501. The molecule has 6 heteroatoms. The van der Waals surface area contributed by atoms with Gasteiger partial charge in [-0.2, -0.15) is 13.2 Å². The second-order valence-electron chi connectivity index (χ2n) is 4.60. The van der Waals surface area contributed by atoms with Gasteiger partial charge in [0.15, 0.2) is 0 Å². The Morgan fingerprint density at radius 2 is 2.05 bits per heavy atom. The van der Waals surface area contributed by atoms with Crippen LogP contribution in [0, 0.1) is 6.92 Å². The smallest absolute Gasteiger partial charge is 0.311 e. The van der Waals surface area contributed by atoms with E-state index in [9.17, 15) is 18.0 Å². The first kappa shape index (κ1) is 14.4. The van der Waals surface area contributed by atoms with E-state index in [1.807, 2.05) is 0 Å². The highest BCUT2D eigenvalue weighted by molar-refractivity contribution is 9.10. The third-order valence-electron chi connectivity index (χ3n) is 3.20. The van der Waals surface area contributed by atoms with Gasteiger partial charge in [0.25, 0.3) is 0 Å². The zero-order chi connectivity index (χ0) is 14.2. The molecule has 1 aromatic carbocycles. The van der Waals surface area contributed by atoms with Crippen LogP contribution in [0.25, 0.3) is 0 Å². The predicted molar refractivity (Wildman–Crippen MR) is 70.5 cm³/mol. The van der Waals surface area contributed by atoms with Gasteiger partial charge >= 0.3 is 6.18 Å². The second-order valence-corrected chi connectivity index (χ2v) is 5.70. The van der Waals surface area contributed by atoms with Crippen molar-refractivity contribution in [3.05, 3.63) is 29.3 Å². The number of nitrogens with zero attached hydrogens (tertiary/aromatic N) is 1. The molecule has 1 unspecified atom stereocenters. The van der Waals surface area contributed by atoms with Crippen molar-refractivity contribution < 1.29 is 18.0 Å². The van der Waals surface area contributed by atoms with Gasteiger partial charge in [0.05, 0.1) is 10.4 Å². The Labute approximate surface area is 117 Å². The summed E-state index contributed by atoms with van der Waals surface area (Å²) < 4.78 is 38.2. The fourth-order valence-corrected chi connectivity index (χ4v) is 2.72. The van der Waals surface area contributed by atoms with Crippen molar-refractivity contribution in [1.82, 2.24) is 0 Å². The fraction of sp³-hybridized carbons (Fsp3) is 0.462. The summed E-state index contributed by atoms with van der Waals surface area (Å²) in [7, 11) is 0. The Morgan fingerprint density at radius 3 is 2.68 bits per heavy atom. The fourth-order valence-electron chi connectivity index (χ4n) is 2.15. The molecule has 1 aromatic rings. The van der Waals surface area contributed by atoms with Crippen LogP contribution in [0.15, 0.2) is 18.2 Å². The Hall–Kier alpha value is -1.04. The summed E-state index contributed by atoms with van der Waals surface area (Å²) in [4.78, 5) is 13.2. The van der Waals surface area contributed by atoms with Crippen LogP contribution in [0.5, 0.6) is 0 Å². The summed E-state index contributed by atoms with van der Waals surface area (Å²) in [5.74, 6) is -0.173. The molecule has 2 nitrogen and oxygen atoms in total. The minimum atomic E-state index is -4.39. The van der Waals surface area contributed by atoms with E-state index in [4.69, 9.17) is 0 Å². The summed E-state index contributed by atoms with van der Waals surface area (Å²) >= 11 is 3.26. The Kier molecular flexibility index (Phi) is 3.90. The maximum absolute atomic E-state index is 12.7. The second kappa shape index (κ2) is 5.15. The van der Waals surface area contributed by atoms with Crippen LogP contribution >= 0.6 is 15.9 Å². The van der Waals surface area contributed by atoms with Gasteiger partial charge in [0.2, 0.25) is 5.91 Å². The zero-order valence-electron chi connectivity index (χ0n) is 10.3. The summed E-state index contributed by atoms with van der Waals surface area (Å²) in [6.07, 6.45) is -2.90. The molecule has 1 heterocycles. The minimum Gasteiger partial charge on any atom is -0.311 e. The van der Waals surface area contributed by atoms with Gasteiger partial charge in [-0.15, -0.1) is 0 Å². The van der Waals surface area contributed by atoms with Gasteiger partial charge < -0.3 is 4.90 Å². The minimum absolute atomic E-state index is 0.173. The van der Waals surface area contributed by atoms with Crippen molar-refractivity contribution in [2.75, 3.05) is 11.4 Å². The molecule has 0 N–H and O–H groups in total. The lowest BCUT2D eigenvalue weighted by Crippen LogP contribution is -2.42. The first-order valence-electron chi connectivity index (χ1n) is 5.94. The quantitative estimate of drug-likeness (QED) is 0.712. The van der Waals surface area contributed by atoms with Gasteiger partial charge in [-0.05, 0) is 37.5 Å². The summed E-state index contributed by atoms with van der Waals surface area (Å²) in [6, 6.07) is 3.50. The molecule has 1 saturated heterocycles. The average molecular weight is 336 g/mol. The van der Waals surface area contributed by atoms with Crippen molar-refractivity contribution in [3.63, 3.8) is 0 Å². The van der Waals surface area contributed by atoms with Crippen molar-refractivity contribution >= 4 is 27.5 Å². The number of alkyl halides is 4. The van der Waals surface area contributed by atoms with E-state index in [1.165, 1.54) is 11.0 Å². The first-order chi connectivity index (χ1) is 8.80. The number of carbonyl (C=O) groups excluding carboxylic acids is 1. The normalized spacial score (nSPS) is 20.8. The van der Waals surface area contributed by atoms with Crippen LogP contribution < -0.4 is 4.90 Å². The molecule has 1 aliphatic rings. The summed E-state index contributed by atoms with van der Waals surface area (Å²) in [5.41, 5.74) is 0.296. The molecular formula is C13H13BrF3NO. The lowest BCUT2D eigenvalue weighted by atomic mass is 10.0. The van der Waals surface area contributed by atoms with E-state index < -0.39 is 11.7 Å². The zero-order valence-corrected chi connectivity index (χ0v) is 11.9. The first-order valence-corrected chi connectivity index (χ1v) is 6.85. The number of rotatable bonds is 1. The molecular weight excluding hydrogens is 323 g/mol. The van der Waals surface area contributed by atoms with Crippen LogP contribution in [0.1, 0.15) is 24.0 Å². The largest absolute Gasteiger partial charge is 0.416 e.